The molecule has 0 radical (unpaired) electrons. The Morgan fingerprint density at radius 2 is 1.52 bits per heavy atom. The summed E-state index contributed by atoms with van der Waals surface area (Å²) in [5, 5.41) is 14.0. The molecule has 0 unspecified atom stereocenters. The van der Waals surface area contributed by atoms with E-state index in [1.54, 1.807) is 6.92 Å². The summed E-state index contributed by atoms with van der Waals surface area (Å²) in [5.74, 6) is -0.437. The number of thioether (sulfide) groups is 1. The van der Waals surface area contributed by atoms with Crippen molar-refractivity contribution < 1.29 is 9.53 Å². The van der Waals surface area contributed by atoms with Gasteiger partial charge in [0.1, 0.15) is 0 Å². The van der Waals surface area contributed by atoms with Crippen LogP contribution in [0.2, 0.25) is 0 Å². The molecule has 166 valence electrons. The maximum Gasteiger partial charge on any atom is 0.365 e. The fourth-order valence-corrected chi connectivity index (χ4v) is 5.41. The van der Waals surface area contributed by atoms with Crippen LogP contribution in [0, 0.1) is 6.92 Å². The fourth-order valence-electron chi connectivity index (χ4n) is 4.12. The highest BCUT2D eigenvalue weighted by molar-refractivity contribution is 8.16. The Morgan fingerprint density at radius 3 is 2.24 bits per heavy atom. The van der Waals surface area contributed by atoms with Crippen molar-refractivity contribution in [2.75, 3.05) is 16.6 Å². The first-order valence-corrected chi connectivity index (χ1v) is 11.7. The number of fused-ring (bicyclic) bond motifs is 2. The molecule has 0 aromatic heterocycles. The molecule has 2 aliphatic rings. The van der Waals surface area contributed by atoms with Crippen LogP contribution < -0.4 is 10.0 Å². The summed E-state index contributed by atoms with van der Waals surface area (Å²) >= 11 is 1.36. The molecular formula is C26H24N4O2S. The molecule has 0 aliphatic carbocycles. The first-order chi connectivity index (χ1) is 16.0. The molecular weight excluding hydrogens is 432 g/mol. The maximum atomic E-state index is 12.9. The molecule has 2 heterocycles. The van der Waals surface area contributed by atoms with Gasteiger partial charge in [0.15, 0.2) is 0 Å². The van der Waals surface area contributed by atoms with Gasteiger partial charge in [-0.25, -0.2) is 14.8 Å². The van der Waals surface area contributed by atoms with Gasteiger partial charge in [0.05, 0.1) is 23.7 Å². The number of para-hydroxylation sites is 1. The Bertz CT molecular complexity index is 1260. The van der Waals surface area contributed by atoms with Gasteiger partial charge in [-0.2, -0.15) is 10.2 Å². The van der Waals surface area contributed by atoms with Crippen molar-refractivity contribution in [3.05, 3.63) is 95.6 Å². The zero-order chi connectivity index (χ0) is 23.0. The number of carbonyl (C=O) groups is 1. The second kappa shape index (κ2) is 8.41. The van der Waals surface area contributed by atoms with E-state index in [-0.39, 0.29) is 6.61 Å². The van der Waals surface area contributed by atoms with Gasteiger partial charge in [0, 0.05) is 11.1 Å². The minimum absolute atomic E-state index is 0.284. The van der Waals surface area contributed by atoms with Crippen LogP contribution in [0.25, 0.3) is 0 Å². The lowest BCUT2D eigenvalue weighted by molar-refractivity contribution is -0.134. The summed E-state index contributed by atoms with van der Waals surface area (Å²) in [6, 6.07) is 26.3. The van der Waals surface area contributed by atoms with Crippen LogP contribution in [0.15, 0.2) is 89.1 Å². The Labute approximate surface area is 197 Å². The summed E-state index contributed by atoms with van der Waals surface area (Å²) in [7, 11) is 0. The van der Waals surface area contributed by atoms with Gasteiger partial charge >= 0.3 is 5.97 Å². The van der Waals surface area contributed by atoms with E-state index in [1.165, 1.54) is 11.8 Å². The number of benzene rings is 3. The molecule has 5 rings (SSSR count). The van der Waals surface area contributed by atoms with Gasteiger partial charge in [-0.05, 0) is 56.8 Å². The summed E-state index contributed by atoms with van der Waals surface area (Å²) < 4.78 is 5.34. The third kappa shape index (κ3) is 3.49. The largest absolute Gasteiger partial charge is 0.461 e. The molecule has 0 fully saturated rings. The van der Waals surface area contributed by atoms with Crippen molar-refractivity contribution in [1.29, 1.82) is 0 Å². The molecule has 7 heteroatoms. The van der Waals surface area contributed by atoms with E-state index in [9.17, 15) is 4.79 Å². The number of ether oxygens (including phenoxy) is 1. The molecule has 0 saturated carbocycles. The zero-order valence-electron chi connectivity index (χ0n) is 18.7. The molecule has 2 aliphatic heterocycles. The monoisotopic (exact) mass is 456 g/mol. The Balaban J connectivity index is 1.78. The van der Waals surface area contributed by atoms with Crippen molar-refractivity contribution in [2.24, 2.45) is 10.2 Å². The number of esters is 1. The molecule has 0 bridgehead atoms. The lowest BCUT2D eigenvalue weighted by Crippen LogP contribution is -2.53. The molecule has 1 atom stereocenters. The summed E-state index contributed by atoms with van der Waals surface area (Å²) in [5.41, 5.74) is 5.83. The molecule has 6 nitrogen and oxygen atoms in total. The summed E-state index contributed by atoms with van der Waals surface area (Å²) in [6.45, 7) is 6.13. The fraction of sp³-hybridized carbons (Fsp3) is 0.192. The van der Waals surface area contributed by atoms with Crippen molar-refractivity contribution in [3.63, 3.8) is 0 Å². The topological polar surface area (TPSA) is 57.5 Å². The number of anilines is 2. The molecule has 1 spiro atoms. The molecule has 0 amide bonds. The van der Waals surface area contributed by atoms with Gasteiger partial charge in [0.25, 0.3) is 0 Å². The summed E-state index contributed by atoms with van der Waals surface area (Å²) in [6.07, 6.45) is 0. The highest BCUT2D eigenvalue weighted by Gasteiger charge is 2.56. The first-order valence-electron chi connectivity index (χ1n) is 10.9. The second-order valence-electron chi connectivity index (χ2n) is 7.86. The minimum atomic E-state index is -0.936. The predicted molar refractivity (Wildman–Crippen MR) is 135 cm³/mol. The van der Waals surface area contributed by atoms with Gasteiger partial charge in [0.2, 0.25) is 10.0 Å². The average Bonchev–Trinajstić information content (AvgIpc) is 3.24. The van der Waals surface area contributed by atoms with E-state index in [0.29, 0.717) is 5.04 Å². The zero-order valence-corrected chi connectivity index (χ0v) is 19.5. The Morgan fingerprint density at radius 1 is 0.879 bits per heavy atom. The van der Waals surface area contributed by atoms with Gasteiger partial charge in [-0.15, -0.1) is 0 Å². The SMILES string of the molecule is CCOC(=O)C1=NN(c2ccc(C)cc2)[C@]2(S1)c1ccccc1C(C)=NN2c1ccccc1. The Kier molecular flexibility index (Phi) is 5.42. The Hall–Kier alpha value is -3.58. The van der Waals surface area contributed by atoms with E-state index in [2.05, 4.69) is 12.1 Å². The predicted octanol–water partition coefficient (Wildman–Crippen LogP) is 5.48. The van der Waals surface area contributed by atoms with Crippen LogP contribution in [-0.4, -0.2) is 23.3 Å². The minimum Gasteiger partial charge on any atom is -0.461 e. The standard InChI is InChI=1S/C26H24N4O2S/c1-4-32-25(31)24-28-30(21-16-14-18(2)15-17-21)26(33-24)23-13-9-8-12-22(23)19(3)27-29(26)20-10-6-5-7-11-20/h5-17H,4H2,1-3H3/t26-/m0/s1. The van der Waals surface area contributed by atoms with E-state index in [0.717, 1.165) is 33.8 Å². The number of hydrogen-bond donors (Lipinski definition) is 0. The highest BCUT2D eigenvalue weighted by atomic mass is 32.2. The van der Waals surface area contributed by atoms with Crippen LogP contribution in [-0.2, 0) is 14.5 Å². The molecule has 0 N–H and O–H groups in total. The van der Waals surface area contributed by atoms with Crippen molar-refractivity contribution in [1.82, 2.24) is 0 Å². The van der Waals surface area contributed by atoms with E-state index in [1.807, 2.05) is 90.6 Å². The third-order valence-corrected chi connectivity index (χ3v) is 6.94. The molecule has 0 saturated heterocycles. The van der Waals surface area contributed by atoms with E-state index in [4.69, 9.17) is 14.9 Å². The lowest BCUT2D eigenvalue weighted by Gasteiger charge is -2.46. The third-order valence-electron chi connectivity index (χ3n) is 5.65. The highest BCUT2D eigenvalue weighted by Crippen LogP contribution is 2.54. The van der Waals surface area contributed by atoms with E-state index >= 15 is 0 Å². The number of rotatable bonds is 4. The number of aryl methyl sites for hydroxylation is 1. The van der Waals surface area contributed by atoms with E-state index < -0.39 is 11.0 Å². The van der Waals surface area contributed by atoms with Crippen molar-refractivity contribution in [2.45, 2.75) is 25.8 Å². The van der Waals surface area contributed by atoms with Crippen LogP contribution in [0.1, 0.15) is 30.5 Å². The van der Waals surface area contributed by atoms with Crippen molar-refractivity contribution >= 4 is 39.9 Å². The van der Waals surface area contributed by atoms with Crippen molar-refractivity contribution in [3.8, 4) is 0 Å². The normalized spacial score (nSPS) is 19.2. The number of nitrogens with zero attached hydrogens (tertiary/aromatic N) is 4. The molecule has 3 aromatic carbocycles. The lowest BCUT2D eigenvalue weighted by atomic mass is 9.98. The van der Waals surface area contributed by atoms with Crippen LogP contribution >= 0.6 is 11.8 Å². The quantitative estimate of drug-likeness (QED) is 0.487. The van der Waals surface area contributed by atoms with Gasteiger partial charge < -0.3 is 4.74 Å². The number of hydrogen-bond acceptors (Lipinski definition) is 7. The van der Waals surface area contributed by atoms with Crippen LogP contribution in [0.3, 0.4) is 0 Å². The number of hydrazone groups is 2. The maximum absolute atomic E-state index is 12.9. The molecule has 33 heavy (non-hydrogen) atoms. The summed E-state index contributed by atoms with van der Waals surface area (Å²) in [4.78, 5) is 11.9. The molecule has 3 aromatic rings. The second-order valence-corrected chi connectivity index (χ2v) is 9.02. The smallest absolute Gasteiger partial charge is 0.365 e. The average molecular weight is 457 g/mol. The van der Waals surface area contributed by atoms with Crippen LogP contribution in [0.5, 0.6) is 0 Å². The van der Waals surface area contributed by atoms with Gasteiger partial charge in [-0.3, -0.25) is 0 Å². The number of carbonyl (C=O) groups excluding carboxylic acids is 1. The van der Waals surface area contributed by atoms with Gasteiger partial charge in [-0.1, -0.05) is 60.2 Å². The van der Waals surface area contributed by atoms with Crippen LogP contribution in [0.4, 0.5) is 11.4 Å². The first kappa shape index (κ1) is 21.3.